The summed E-state index contributed by atoms with van der Waals surface area (Å²) in [5.74, 6) is 0. The monoisotopic (exact) mass is 176 g/mol. The van der Waals surface area contributed by atoms with E-state index in [1.165, 1.54) is 4.91 Å². The average molecular weight is 177 g/mol. The summed E-state index contributed by atoms with van der Waals surface area (Å²) in [4.78, 5) is 3.36. The van der Waals surface area contributed by atoms with E-state index in [1.54, 1.807) is 11.8 Å². The van der Waals surface area contributed by atoms with Crippen molar-refractivity contribution in [3.63, 3.8) is 0 Å². The van der Waals surface area contributed by atoms with E-state index in [9.17, 15) is 0 Å². The predicted octanol–water partition coefficient (Wildman–Crippen LogP) is 2.87. The van der Waals surface area contributed by atoms with E-state index in [2.05, 4.69) is 27.4 Å². The Bertz CT molecular complexity index is 105. The molecule has 0 aromatic rings. The van der Waals surface area contributed by atoms with E-state index >= 15 is 0 Å². The third kappa shape index (κ3) is 1.35. The summed E-state index contributed by atoms with van der Waals surface area (Å²) in [7, 11) is 0. The fraction of sp³-hybridized carbons (Fsp3) is 0.200. The van der Waals surface area contributed by atoms with Gasteiger partial charge in [-0.1, -0.05) is 22.0 Å². The minimum Gasteiger partial charge on any atom is -0.102 e. The van der Waals surface area contributed by atoms with Crippen LogP contribution in [0.25, 0.3) is 0 Å². The van der Waals surface area contributed by atoms with Crippen LogP contribution in [0, 0.1) is 0 Å². The van der Waals surface area contributed by atoms with Crippen LogP contribution in [0.5, 0.6) is 0 Å². The highest BCUT2D eigenvalue weighted by atomic mass is 79.9. The van der Waals surface area contributed by atoms with Crippen molar-refractivity contribution in [1.29, 1.82) is 0 Å². The van der Waals surface area contributed by atoms with Gasteiger partial charge in [0.15, 0.2) is 0 Å². The van der Waals surface area contributed by atoms with Gasteiger partial charge in [0, 0.05) is 0 Å². The average Bonchev–Trinajstić information content (AvgIpc) is 2.14. The van der Waals surface area contributed by atoms with Crippen LogP contribution in [0.1, 0.15) is 6.42 Å². The van der Waals surface area contributed by atoms with Crippen LogP contribution in [-0.2, 0) is 0 Å². The second-order valence-corrected chi connectivity index (χ2v) is 2.76. The molecule has 0 aromatic carbocycles. The minimum absolute atomic E-state index is 1.11. The van der Waals surface area contributed by atoms with E-state index in [4.69, 9.17) is 0 Å². The highest BCUT2D eigenvalue weighted by Gasteiger charge is 1.96. The van der Waals surface area contributed by atoms with Gasteiger partial charge in [0.1, 0.15) is 0 Å². The molecule has 0 saturated carbocycles. The van der Waals surface area contributed by atoms with E-state index in [0.29, 0.717) is 0 Å². The summed E-state index contributed by atoms with van der Waals surface area (Å²) in [5.41, 5.74) is 0. The second kappa shape index (κ2) is 2.58. The number of hydrogen-bond acceptors (Lipinski definition) is 1. The first-order chi connectivity index (χ1) is 3.43. The first kappa shape index (κ1) is 5.45. The van der Waals surface area contributed by atoms with Crippen LogP contribution in [0.3, 0.4) is 0 Å². The van der Waals surface area contributed by atoms with Crippen molar-refractivity contribution < 1.29 is 0 Å². The van der Waals surface area contributed by atoms with Crippen molar-refractivity contribution in [3.05, 3.63) is 21.4 Å². The van der Waals surface area contributed by atoms with Gasteiger partial charge in [-0.05, 0) is 21.7 Å². The number of allylic oxidation sites excluding steroid dienone is 2. The third-order valence-corrected chi connectivity index (χ3v) is 2.53. The molecule has 1 aliphatic heterocycles. The molecule has 0 amide bonds. The van der Waals surface area contributed by atoms with Crippen LogP contribution in [0.15, 0.2) is 21.4 Å². The number of hydrogen-bond donors (Lipinski definition) is 0. The summed E-state index contributed by atoms with van der Waals surface area (Å²) in [5, 5.41) is 2.10. The van der Waals surface area contributed by atoms with Gasteiger partial charge in [-0.3, -0.25) is 0 Å². The Morgan fingerprint density at radius 2 is 2.71 bits per heavy atom. The Morgan fingerprint density at radius 1 is 1.86 bits per heavy atom. The predicted molar refractivity (Wildman–Crippen MR) is 38.4 cm³/mol. The van der Waals surface area contributed by atoms with Crippen LogP contribution >= 0.6 is 27.7 Å². The maximum atomic E-state index is 3.25. The lowest BCUT2D eigenvalue weighted by molar-refractivity contribution is 1.41. The highest BCUT2D eigenvalue weighted by molar-refractivity contribution is 9.11. The van der Waals surface area contributed by atoms with Gasteiger partial charge in [0.05, 0.1) is 0 Å². The van der Waals surface area contributed by atoms with Gasteiger partial charge < -0.3 is 0 Å². The lowest BCUT2D eigenvalue weighted by Crippen LogP contribution is -1.57. The van der Waals surface area contributed by atoms with E-state index in [-0.39, 0.29) is 0 Å². The van der Waals surface area contributed by atoms with Crippen molar-refractivity contribution >= 4 is 27.7 Å². The van der Waals surface area contributed by atoms with Crippen molar-refractivity contribution in [2.45, 2.75) is 6.42 Å². The zero-order chi connectivity index (χ0) is 5.11. The Morgan fingerprint density at radius 3 is 3.00 bits per heavy atom. The second-order valence-electron chi connectivity index (χ2n) is 1.27. The van der Waals surface area contributed by atoms with E-state index < -0.39 is 0 Å². The number of thioether (sulfide) groups is 1. The molecule has 0 aliphatic carbocycles. The van der Waals surface area contributed by atoms with Crippen molar-refractivity contribution in [2.75, 3.05) is 0 Å². The molecule has 0 radical (unpaired) electrons. The molecule has 0 fully saturated rings. The van der Waals surface area contributed by atoms with Crippen LogP contribution in [-0.4, -0.2) is 0 Å². The molecule has 2 heteroatoms. The number of halogens is 1. The van der Waals surface area contributed by atoms with Gasteiger partial charge in [0.25, 0.3) is 0 Å². The first-order valence-corrected chi connectivity index (χ1v) is 3.84. The SMILES string of the molecule is Br/C=C1/CC=CS1. The molecule has 7 heavy (non-hydrogen) atoms. The van der Waals surface area contributed by atoms with Crippen molar-refractivity contribution in [2.24, 2.45) is 0 Å². The molecule has 38 valence electrons. The Hall–Kier alpha value is 0.310. The van der Waals surface area contributed by atoms with Gasteiger partial charge in [-0.15, -0.1) is 11.8 Å². The molecule has 1 heterocycles. The zero-order valence-electron chi connectivity index (χ0n) is 3.73. The molecule has 0 atom stereocenters. The van der Waals surface area contributed by atoms with Gasteiger partial charge in [0.2, 0.25) is 0 Å². The molecule has 0 nitrogen and oxygen atoms in total. The molecule has 0 saturated heterocycles. The summed E-state index contributed by atoms with van der Waals surface area (Å²) in [6, 6.07) is 0. The Kier molecular flexibility index (Phi) is 2.00. The molecular formula is C5H5BrS. The molecule has 1 aliphatic rings. The van der Waals surface area contributed by atoms with Gasteiger partial charge >= 0.3 is 0 Å². The molecule has 0 bridgehead atoms. The van der Waals surface area contributed by atoms with Crippen molar-refractivity contribution in [1.82, 2.24) is 0 Å². The van der Waals surface area contributed by atoms with E-state index in [1.807, 2.05) is 4.99 Å². The lowest BCUT2D eigenvalue weighted by atomic mass is 10.4. The zero-order valence-corrected chi connectivity index (χ0v) is 6.13. The molecule has 0 unspecified atom stereocenters. The highest BCUT2D eigenvalue weighted by Crippen LogP contribution is 2.28. The fourth-order valence-corrected chi connectivity index (χ4v) is 1.54. The van der Waals surface area contributed by atoms with Crippen molar-refractivity contribution in [3.8, 4) is 0 Å². The van der Waals surface area contributed by atoms with E-state index in [0.717, 1.165) is 6.42 Å². The third-order valence-electron chi connectivity index (χ3n) is 0.756. The maximum absolute atomic E-state index is 3.25. The summed E-state index contributed by atoms with van der Waals surface area (Å²) < 4.78 is 0. The summed E-state index contributed by atoms with van der Waals surface area (Å²) in [6.07, 6.45) is 3.26. The fourth-order valence-electron chi connectivity index (χ4n) is 0.418. The Balaban J connectivity index is 2.51. The standard InChI is InChI=1S/C5H5BrS/c6-4-5-2-1-3-7-5/h1,3-4H,2H2/b5-4-. The van der Waals surface area contributed by atoms with Gasteiger partial charge in [-0.2, -0.15) is 0 Å². The molecular weight excluding hydrogens is 172 g/mol. The first-order valence-electron chi connectivity index (χ1n) is 2.04. The van der Waals surface area contributed by atoms with Gasteiger partial charge in [-0.25, -0.2) is 0 Å². The summed E-state index contributed by atoms with van der Waals surface area (Å²) >= 11 is 5.03. The largest absolute Gasteiger partial charge is 0.102 e. The molecule has 0 N–H and O–H groups in total. The molecule has 1 rings (SSSR count). The topological polar surface area (TPSA) is 0 Å². The lowest BCUT2D eigenvalue weighted by Gasteiger charge is -1.84. The quantitative estimate of drug-likeness (QED) is 0.548. The molecule has 0 aromatic heterocycles. The normalized spacial score (nSPS) is 24.4. The smallest absolute Gasteiger partial charge is 0.000142 e. The maximum Gasteiger partial charge on any atom is -0.000142 e. The number of rotatable bonds is 0. The van der Waals surface area contributed by atoms with Crippen LogP contribution in [0.4, 0.5) is 0 Å². The minimum atomic E-state index is 1.11. The summed E-state index contributed by atoms with van der Waals surface area (Å²) in [6.45, 7) is 0. The molecule has 0 spiro atoms. The Labute approximate surface area is 55.8 Å². The van der Waals surface area contributed by atoms with Crippen LogP contribution < -0.4 is 0 Å². The van der Waals surface area contributed by atoms with Crippen LogP contribution in [0.2, 0.25) is 0 Å².